The van der Waals surface area contributed by atoms with Crippen LogP contribution in [0.25, 0.3) is 0 Å². The van der Waals surface area contributed by atoms with Crippen LogP contribution in [0.15, 0.2) is 11.6 Å². The highest BCUT2D eigenvalue weighted by Crippen LogP contribution is 2.24. The van der Waals surface area contributed by atoms with Crippen molar-refractivity contribution in [3.05, 3.63) is 11.6 Å². The molecule has 1 heteroatoms. The Morgan fingerprint density at radius 2 is 1.59 bits per heavy atom. The van der Waals surface area contributed by atoms with E-state index < -0.39 is 0 Å². The lowest BCUT2D eigenvalue weighted by Crippen LogP contribution is -2.19. The molecule has 0 amide bonds. The van der Waals surface area contributed by atoms with Crippen molar-refractivity contribution in [3.8, 4) is 0 Å². The summed E-state index contributed by atoms with van der Waals surface area (Å²) in [6.45, 7) is 7.11. The van der Waals surface area contributed by atoms with Gasteiger partial charge in [0.2, 0.25) is 0 Å². The topological polar surface area (TPSA) is 12.0 Å². The standard InChI is InChI=1S/C21H41N/c1-3-5-9-13-20(12-4-2)17-19-22-18-11-8-6-7-10-14-21-15-16-21/h15,20,22H,3-14,16-19H2,1-2H3. The van der Waals surface area contributed by atoms with Crippen LogP contribution in [-0.4, -0.2) is 13.1 Å². The summed E-state index contributed by atoms with van der Waals surface area (Å²) in [5.74, 6) is 0.973. The van der Waals surface area contributed by atoms with Gasteiger partial charge in [-0.1, -0.05) is 83.3 Å². The van der Waals surface area contributed by atoms with E-state index in [0.29, 0.717) is 0 Å². The van der Waals surface area contributed by atoms with Gasteiger partial charge in [-0.25, -0.2) is 0 Å². The first kappa shape index (κ1) is 19.7. The van der Waals surface area contributed by atoms with Crippen molar-refractivity contribution in [1.82, 2.24) is 5.32 Å². The van der Waals surface area contributed by atoms with Crippen molar-refractivity contribution in [2.75, 3.05) is 13.1 Å². The Bertz CT molecular complexity index is 269. The van der Waals surface area contributed by atoms with Gasteiger partial charge in [0.25, 0.3) is 0 Å². The van der Waals surface area contributed by atoms with Gasteiger partial charge in [0, 0.05) is 0 Å². The maximum Gasteiger partial charge on any atom is -0.00463 e. The fourth-order valence-corrected chi connectivity index (χ4v) is 3.36. The summed E-state index contributed by atoms with van der Waals surface area (Å²) in [4.78, 5) is 0. The maximum absolute atomic E-state index is 3.67. The minimum absolute atomic E-state index is 0.973. The van der Waals surface area contributed by atoms with Crippen LogP contribution in [0.5, 0.6) is 0 Å². The molecule has 0 saturated carbocycles. The van der Waals surface area contributed by atoms with Gasteiger partial charge in [-0.05, 0) is 51.1 Å². The van der Waals surface area contributed by atoms with Gasteiger partial charge in [-0.2, -0.15) is 0 Å². The molecule has 130 valence electrons. The van der Waals surface area contributed by atoms with Crippen LogP contribution in [0.4, 0.5) is 0 Å². The molecule has 0 heterocycles. The summed E-state index contributed by atoms with van der Waals surface area (Å²) in [6, 6.07) is 0. The SMILES string of the molecule is CCCCCC(CCC)CCNCCCCCCCC1=CC1. The summed E-state index contributed by atoms with van der Waals surface area (Å²) in [7, 11) is 0. The first-order valence-electron chi connectivity index (χ1n) is 10.3. The van der Waals surface area contributed by atoms with E-state index in [4.69, 9.17) is 0 Å². The zero-order valence-electron chi connectivity index (χ0n) is 15.5. The molecule has 1 N–H and O–H groups in total. The summed E-state index contributed by atoms with van der Waals surface area (Å²) >= 11 is 0. The predicted octanol–water partition coefficient (Wildman–Crippen LogP) is 6.63. The largest absolute Gasteiger partial charge is 0.317 e. The normalized spacial score (nSPS) is 14.9. The lowest BCUT2D eigenvalue weighted by molar-refractivity contribution is 0.387. The molecule has 1 unspecified atom stereocenters. The van der Waals surface area contributed by atoms with Crippen molar-refractivity contribution in [1.29, 1.82) is 0 Å². The highest BCUT2D eigenvalue weighted by Gasteiger charge is 2.07. The molecule has 0 aromatic heterocycles. The predicted molar refractivity (Wildman–Crippen MR) is 100 cm³/mol. The summed E-state index contributed by atoms with van der Waals surface area (Å²) in [6.07, 6.45) is 22.0. The molecule has 1 rings (SSSR count). The van der Waals surface area contributed by atoms with E-state index in [1.165, 1.54) is 103 Å². The third-order valence-corrected chi connectivity index (χ3v) is 4.99. The molecule has 0 bridgehead atoms. The molecular weight excluding hydrogens is 266 g/mol. The molecule has 0 fully saturated rings. The number of rotatable bonds is 17. The van der Waals surface area contributed by atoms with E-state index >= 15 is 0 Å². The van der Waals surface area contributed by atoms with E-state index in [2.05, 4.69) is 25.2 Å². The average Bonchev–Trinajstić information content (AvgIpc) is 3.33. The van der Waals surface area contributed by atoms with Gasteiger partial charge in [-0.15, -0.1) is 0 Å². The van der Waals surface area contributed by atoms with Crippen LogP contribution in [-0.2, 0) is 0 Å². The Morgan fingerprint density at radius 3 is 2.32 bits per heavy atom. The Hall–Kier alpha value is -0.300. The Morgan fingerprint density at radius 1 is 0.818 bits per heavy atom. The average molecular weight is 308 g/mol. The van der Waals surface area contributed by atoms with E-state index in [9.17, 15) is 0 Å². The molecular formula is C21H41N. The molecule has 22 heavy (non-hydrogen) atoms. The maximum atomic E-state index is 3.67. The molecule has 0 aromatic carbocycles. The van der Waals surface area contributed by atoms with Gasteiger partial charge >= 0.3 is 0 Å². The Labute approximate surface area is 140 Å². The first-order chi connectivity index (χ1) is 10.9. The molecule has 0 saturated heterocycles. The van der Waals surface area contributed by atoms with Crippen LogP contribution in [0.1, 0.15) is 104 Å². The molecule has 1 aliphatic rings. The Kier molecular flexibility index (Phi) is 12.8. The minimum atomic E-state index is 0.973. The summed E-state index contributed by atoms with van der Waals surface area (Å²) in [5, 5.41) is 3.67. The summed E-state index contributed by atoms with van der Waals surface area (Å²) in [5.41, 5.74) is 1.71. The van der Waals surface area contributed by atoms with Gasteiger partial charge in [-0.3, -0.25) is 0 Å². The van der Waals surface area contributed by atoms with Crippen molar-refractivity contribution < 1.29 is 0 Å². The van der Waals surface area contributed by atoms with Crippen LogP contribution in [0.3, 0.4) is 0 Å². The van der Waals surface area contributed by atoms with Crippen molar-refractivity contribution in [2.45, 2.75) is 104 Å². The fraction of sp³-hybridized carbons (Fsp3) is 0.905. The molecule has 0 aromatic rings. The second-order valence-electron chi connectivity index (χ2n) is 7.27. The Balaban J connectivity index is 1.81. The van der Waals surface area contributed by atoms with Crippen LogP contribution >= 0.6 is 0 Å². The third kappa shape index (κ3) is 12.3. The molecule has 0 radical (unpaired) electrons. The van der Waals surface area contributed by atoms with Gasteiger partial charge in [0.05, 0.1) is 0 Å². The zero-order valence-corrected chi connectivity index (χ0v) is 15.5. The molecule has 0 aliphatic heterocycles. The monoisotopic (exact) mass is 307 g/mol. The van der Waals surface area contributed by atoms with E-state index in [1.54, 1.807) is 5.57 Å². The first-order valence-corrected chi connectivity index (χ1v) is 10.3. The molecule has 0 spiro atoms. The number of unbranched alkanes of at least 4 members (excludes halogenated alkanes) is 6. The van der Waals surface area contributed by atoms with Crippen LogP contribution in [0, 0.1) is 5.92 Å². The molecule has 1 atom stereocenters. The lowest BCUT2D eigenvalue weighted by Gasteiger charge is -2.16. The van der Waals surface area contributed by atoms with E-state index in [0.717, 1.165) is 5.92 Å². The van der Waals surface area contributed by atoms with Crippen molar-refractivity contribution in [2.24, 2.45) is 5.92 Å². The second kappa shape index (κ2) is 14.3. The number of hydrogen-bond donors (Lipinski definition) is 1. The van der Waals surface area contributed by atoms with E-state index in [1.807, 2.05) is 0 Å². The van der Waals surface area contributed by atoms with Gasteiger partial charge in [0.15, 0.2) is 0 Å². The van der Waals surface area contributed by atoms with Crippen LogP contribution < -0.4 is 5.32 Å². The number of nitrogens with one attached hydrogen (secondary N) is 1. The fourth-order valence-electron chi connectivity index (χ4n) is 3.36. The minimum Gasteiger partial charge on any atom is -0.317 e. The summed E-state index contributed by atoms with van der Waals surface area (Å²) < 4.78 is 0. The highest BCUT2D eigenvalue weighted by atomic mass is 14.8. The van der Waals surface area contributed by atoms with Crippen LogP contribution in [0.2, 0.25) is 0 Å². The second-order valence-corrected chi connectivity index (χ2v) is 7.27. The lowest BCUT2D eigenvalue weighted by atomic mass is 9.93. The molecule has 1 nitrogen and oxygen atoms in total. The third-order valence-electron chi connectivity index (χ3n) is 4.99. The highest BCUT2D eigenvalue weighted by molar-refractivity contribution is 5.21. The number of allylic oxidation sites excluding steroid dienone is 2. The smallest absolute Gasteiger partial charge is 0.00463 e. The van der Waals surface area contributed by atoms with Gasteiger partial charge in [0.1, 0.15) is 0 Å². The van der Waals surface area contributed by atoms with Crippen molar-refractivity contribution in [3.63, 3.8) is 0 Å². The van der Waals surface area contributed by atoms with Crippen molar-refractivity contribution >= 4 is 0 Å². The zero-order chi connectivity index (χ0) is 15.9. The quantitative estimate of drug-likeness (QED) is 0.235. The van der Waals surface area contributed by atoms with E-state index in [-0.39, 0.29) is 0 Å². The number of hydrogen-bond acceptors (Lipinski definition) is 1. The molecule has 1 aliphatic carbocycles. The van der Waals surface area contributed by atoms with Gasteiger partial charge < -0.3 is 5.32 Å².